The first kappa shape index (κ1) is 14.0. The first-order chi connectivity index (χ1) is 9.11. The van der Waals surface area contributed by atoms with Crippen LogP contribution < -0.4 is 10.5 Å². The smallest absolute Gasteiger partial charge is 0.165 e. The molecule has 2 aromatic carbocycles. The molecule has 0 amide bonds. The van der Waals surface area contributed by atoms with Crippen molar-refractivity contribution in [2.24, 2.45) is 5.73 Å². The van der Waals surface area contributed by atoms with Crippen LogP contribution in [0.2, 0.25) is 0 Å². The van der Waals surface area contributed by atoms with Gasteiger partial charge in [-0.3, -0.25) is 0 Å². The SMILES string of the molecule is NCCc1c(F)cccc1Oc1cc(Br)ccc1F. The number of nitrogens with two attached hydrogens (primary N) is 1. The lowest BCUT2D eigenvalue weighted by Crippen LogP contribution is -2.06. The molecule has 0 saturated heterocycles. The van der Waals surface area contributed by atoms with Crippen LogP contribution in [-0.4, -0.2) is 6.54 Å². The van der Waals surface area contributed by atoms with Gasteiger partial charge in [-0.05, 0) is 43.3 Å². The molecule has 0 aliphatic rings. The van der Waals surface area contributed by atoms with Gasteiger partial charge < -0.3 is 10.5 Å². The number of halogens is 3. The van der Waals surface area contributed by atoms with Gasteiger partial charge in [0.2, 0.25) is 0 Å². The summed E-state index contributed by atoms with van der Waals surface area (Å²) < 4.78 is 33.4. The third kappa shape index (κ3) is 3.30. The van der Waals surface area contributed by atoms with Gasteiger partial charge in [0.15, 0.2) is 11.6 Å². The summed E-state index contributed by atoms with van der Waals surface area (Å²) in [6.45, 7) is 0.290. The first-order valence-corrected chi connectivity index (χ1v) is 6.51. The van der Waals surface area contributed by atoms with Crippen molar-refractivity contribution in [3.05, 3.63) is 58.1 Å². The van der Waals surface area contributed by atoms with Crippen molar-refractivity contribution in [3.8, 4) is 11.5 Å². The summed E-state index contributed by atoms with van der Waals surface area (Å²) in [5.41, 5.74) is 5.79. The highest BCUT2D eigenvalue weighted by atomic mass is 79.9. The molecular formula is C14H12BrF2NO. The third-order valence-corrected chi connectivity index (χ3v) is 3.08. The average molecular weight is 328 g/mol. The topological polar surface area (TPSA) is 35.2 Å². The van der Waals surface area contributed by atoms with Crippen LogP contribution in [0.25, 0.3) is 0 Å². The fourth-order valence-electron chi connectivity index (χ4n) is 1.70. The van der Waals surface area contributed by atoms with Crippen LogP contribution >= 0.6 is 15.9 Å². The molecule has 2 nitrogen and oxygen atoms in total. The molecule has 0 aliphatic carbocycles. The van der Waals surface area contributed by atoms with E-state index in [1.807, 2.05) is 0 Å². The Bertz CT molecular complexity index is 590. The predicted molar refractivity (Wildman–Crippen MR) is 73.3 cm³/mol. The van der Waals surface area contributed by atoms with E-state index in [9.17, 15) is 8.78 Å². The molecule has 0 radical (unpaired) electrons. The van der Waals surface area contributed by atoms with Gasteiger partial charge in [-0.25, -0.2) is 8.78 Å². The fraction of sp³-hybridized carbons (Fsp3) is 0.143. The molecule has 0 heterocycles. The Kier molecular flexibility index (Phi) is 4.50. The Hall–Kier alpha value is -1.46. The molecule has 0 fully saturated rings. The van der Waals surface area contributed by atoms with E-state index in [2.05, 4.69) is 15.9 Å². The maximum Gasteiger partial charge on any atom is 0.165 e. The molecule has 0 saturated carbocycles. The number of hydrogen-bond acceptors (Lipinski definition) is 2. The highest BCUT2D eigenvalue weighted by Crippen LogP contribution is 2.31. The summed E-state index contributed by atoms with van der Waals surface area (Å²) in [5, 5.41) is 0. The van der Waals surface area contributed by atoms with Crippen LogP contribution in [0.3, 0.4) is 0 Å². The second kappa shape index (κ2) is 6.12. The van der Waals surface area contributed by atoms with E-state index in [4.69, 9.17) is 10.5 Å². The van der Waals surface area contributed by atoms with E-state index in [0.29, 0.717) is 16.5 Å². The highest BCUT2D eigenvalue weighted by Gasteiger charge is 2.12. The van der Waals surface area contributed by atoms with Crippen molar-refractivity contribution in [3.63, 3.8) is 0 Å². The highest BCUT2D eigenvalue weighted by molar-refractivity contribution is 9.10. The van der Waals surface area contributed by atoms with Crippen molar-refractivity contribution in [2.75, 3.05) is 6.54 Å². The van der Waals surface area contributed by atoms with Crippen molar-refractivity contribution >= 4 is 15.9 Å². The monoisotopic (exact) mass is 327 g/mol. The van der Waals surface area contributed by atoms with Gasteiger partial charge in [-0.1, -0.05) is 22.0 Å². The summed E-state index contributed by atoms with van der Waals surface area (Å²) in [6.07, 6.45) is 0.331. The molecule has 5 heteroatoms. The van der Waals surface area contributed by atoms with E-state index in [1.165, 1.54) is 24.3 Å². The molecule has 0 aliphatic heterocycles. The predicted octanol–water partition coefficient (Wildman–Crippen LogP) is 4.02. The zero-order valence-corrected chi connectivity index (χ0v) is 11.6. The van der Waals surface area contributed by atoms with Crippen molar-refractivity contribution < 1.29 is 13.5 Å². The quantitative estimate of drug-likeness (QED) is 0.920. The van der Waals surface area contributed by atoms with Crippen LogP contribution in [0.5, 0.6) is 11.5 Å². The molecule has 2 rings (SSSR count). The van der Waals surface area contributed by atoms with Crippen LogP contribution in [-0.2, 0) is 6.42 Å². The van der Waals surface area contributed by atoms with E-state index in [0.717, 1.165) is 0 Å². The lowest BCUT2D eigenvalue weighted by Gasteiger charge is -2.12. The minimum atomic E-state index is -0.508. The standard InChI is InChI=1S/C14H12BrF2NO/c15-9-4-5-12(17)14(8-9)19-13-3-1-2-11(16)10(13)6-7-18/h1-5,8H,6-7,18H2. The van der Waals surface area contributed by atoms with Gasteiger partial charge in [-0.15, -0.1) is 0 Å². The summed E-state index contributed by atoms with van der Waals surface area (Å²) in [5.74, 6) is -0.592. The van der Waals surface area contributed by atoms with Crippen molar-refractivity contribution in [2.45, 2.75) is 6.42 Å². The molecule has 0 aromatic heterocycles. The fourth-order valence-corrected chi connectivity index (χ4v) is 2.04. The van der Waals surface area contributed by atoms with E-state index in [-0.39, 0.29) is 18.0 Å². The maximum absolute atomic E-state index is 13.7. The first-order valence-electron chi connectivity index (χ1n) is 5.72. The zero-order valence-electron chi connectivity index (χ0n) is 10.00. The number of benzene rings is 2. The second-order valence-electron chi connectivity index (χ2n) is 3.93. The van der Waals surface area contributed by atoms with Crippen LogP contribution in [0.4, 0.5) is 8.78 Å². The lowest BCUT2D eigenvalue weighted by atomic mass is 10.1. The number of rotatable bonds is 4. The third-order valence-electron chi connectivity index (χ3n) is 2.58. The van der Waals surface area contributed by atoms with E-state index >= 15 is 0 Å². The van der Waals surface area contributed by atoms with Gasteiger partial charge in [0.1, 0.15) is 11.6 Å². The zero-order chi connectivity index (χ0) is 13.8. The van der Waals surface area contributed by atoms with E-state index in [1.54, 1.807) is 12.1 Å². The molecule has 0 atom stereocenters. The van der Waals surface area contributed by atoms with Gasteiger partial charge in [-0.2, -0.15) is 0 Å². The molecular weight excluding hydrogens is 316 g/mol. The largest absolute Gasteiger partial charge is 0.454 e. The second-order valence-corrected chi connectivity index (χ2v) is 4.85. The summed E-state index contributed by atoms with van der Waals surface area (Å²) in [4.78, 5) is 0. The molecule has 0 bridgehead atoms. The summed E-state index contributed by atoms with van der Waals surface area (Å²) in [7, 11) is 0. The van der Waals surface area contributed by atoms with Gasteiger partial charge >= 0.3 is 0 Å². The Morgan fingerprint density at radius 2 is 1.84 bits per heavy atom. The Morgan fingerprint density at radius 3 is 2.58 bits per heavy atom. The normalized spacial score (nSPS) is 10.5. The molecule has 0 unspecified atom stereocenters. The van der Waals surface area contributed by atoms with Gasteiger partial charge in [0.25, 0.3) is 0 Å². The van der Waals surface area contributed by atoms with E-state index < -0.39 is 11.6 Å². The number of hydrogen-bond donors (Lipinski definition) is 1. The van der Waals surface area contributed by atoms with Crippen LogP contribution in [0.1, 0.15) is 5.56 Å². The van der Waals surface area contributed by atoms with Gasteiger partial charge in [0, 0.05) is 10.0 Å². The van der Waals surface area contributed by atoms with Crippen LogP contribution in [0.15, 0.2) is 40.9 Å². The summed E-state index contributed by atoms with van der Waals surface area (Å²) >= 11 is 3.23. The molecule has 2 N–H and O–H groups in total. The van der Waals surface area contributed by atoms with Crippen molar-refractivity contribution in [1.29, 1.82) is 0 Å². The Balaban J connectivity index is 2.37. The molecule has 19 heavy (non-hydrogen) atoms. The molecule has 100 valence electrons. The molecule has 0 spiro atoms. The maximum atomic E-state index is 13.7. The Labute approximate surface area is 118 Å². The van der Waals surface area contributed by atoms with Crippen molar-refractivity contribution in [1.82, 2.24) is 0 Å². The Morgan fingerprint density at radius 1 is 1.05 bits per heavy atom. The summed E-state index contributed by atoms with van der Waals surface area (Å²) in [6, 6.07) is 8.77. The van der Waals surface area contributed by atoms with Crippen LogP contribution in [0, 0.1) is 11.6 Å². The molecule has 2 aromatic rings. The average Bonchev–Trinajstić information content (AvgIpc) is 2.38. The lowest BCUT2D eigenvalue weighted by molar-refractivity contribution is 0.432. The minimum Gasteiger partial charge on any atom is -0.454 e. The minimum absolute atomic E-state index is 0.0400. The number of ether oxygens (including phenoxy) is 1. The van der Waals surface area contributed by atoms with Gasteiger partial charge in [0.05, 0.1) is 0 Å².